The number of anilines is 1. The maximum atomic E-state index is 5.69. The van der Waals surface area contributed by atoms with E-state index in [1.807, 2.05) is 0 Å². The predicted octanol–water partition coefficient (Wildman–Crippen LogP) is 1.13. The Hall–Kier alpha value is -0.720. The molecule has 19 heavy (non-hydrogen) atoms. The molecule has 106 valence electrons. The summed E-state index contributed by atoms with van der Waals surface area (Å²) >= 11 is 1.57. The van der Waals surface area contributed by atoms with Gasteiger partial charge in [0, 0.05) is 50.2 Å². The maximum Gasteiger partial charge on any atom is 0.205 e. The third-order valence-corrected chi connectivity index (χ3v) is 4.78. The zero-order valence-corrected chi connectivity index (χ0v) is 12.4. The lowest BCUT2D eigenvalue weighted by Gasteiger charge is -2.35. The Labute approximate surface area is 119 Å². The first-order valence-electron chi connectivity index (χ1n) is 7.27. The molecule has 2 aliphatic rings. The normalized spacial score (nSPS) is 22.7. The molecule has 1 saturated heterocycles. The van der Waals surface area contributed by atoms with Crippen LogP contribution in [0.1, 0.15) is 31.5 Å². The lowest BCUT2D eigenvalue weighted by Crippen LogP contribution is -2.48. The van der Waals surface area contributed by atoms with Crippen molar-refractivity contribution in [1.82, 2.24) is 14.3 Å². The zero-order valence-electron chi connectivity index (χ0n) is 11.6. The second kappa shape index (κ2) is 5.73. The summed E-state index contributed by atoms with van der Waals surface area (Å²) in [5.41, 5.74) is 5.69. The van der Waals surface area contributed by atoms with E-state index < -0.39 is 0 Å². The van der Waals surface area contributed by atoms with E-state index in [-0.39, 0.29) is 0 Å². The van der Waals surface area contributed by atoms with Gasteiger partial charge in [-0.15, -0.1) is 0 Å². The fraction of sp³-hybridized carbons (Fsp3) is 0.846. The van der Waals surface area contributed by atoms with E-state index in [0.29, 0.717) is 11.8 Å². The number of nitrogens with zero attached hydrogens (tertiary/aromatic N) is 4. The van der Waals surface area contributed by atoms with Crippen molar-refractivity contribution in [3.8, 4) is 0 Å². The van der Waals surface area contributed by atoms with Gasteiger partial charge in [0.1, 0.15) is 5.82 Å². The molecule has 0 bridgehead atoms. The summed E-state index contributed by atoms with van der Waals surface area (Å²) in [6.07, 6.45) is 2.56. The predicted molar refractivity (Wildman–Crippen MR) is 78.8 cm³/mol. The molecule has 1 aromatic heterocycles. The average Bonchev–Trinajstić information content (AvgIpc) is 3.17. The smallest absolute Gasteiger partial charge is 0.205 e. The average molecular weight is 281 g/mol. The van der Waals surface area contributed by atoms with Crippen molar-refractivity contribution in [2.45, 2.75) is 25.7 Å². The van der Waals surface area contributed by atoms with Gasteiger partial charge in [-0.1, -0.05) is 6.92 Å². The molecule has 2 heterocycles. The van der Waals surface area contributed by atoms with Gasteiger partial charge in [0.15, 0.2) is 0 Å². The molecule has 0 spiro atoms. The molecule has 0 amide bonds. The van der Waals surface area contributed by atoms with E-state index in [1.165, 1.54) is 12.8 Å². The standard InChI is InChI=1S/C13H23N5S/c1-10(8-14)9-17-4-6-18(7-5-17)13-15-12(16-19-13)11-2-3-11/h10-11H,2-9,14H2,1H3. The van der Waals surface area contributed by atoms with Gasteiger partial charge in [0.25, 0.3) is 0 Å². The summed E-state index contributed by atoms with van der Waals surface area (Å²) in [7, 11) is 0. The topological polar surface area (TPSA) is 58.3 Å². The quantitative estimate of drug-likeness (QED) is 0.877. The Morgan fingerprint density at radius 3 is 2.68 bits per heavy atom. The van der Waals surface area contributed by atoms with Crippen LogP contribution in [-0.2, 0) is 0 Å². The number of nitrogens with two attached hydrogens (primary N) is 1. The van der Waals surface area contributed by atoms with Gasteiger partial charge in [-0.2, -0.15) is 4.37 Å². The lowest BCUT2D eigenvalue weighted by molar-refractivity contribution is 0.227. The number of piperazine rings is 1. The lowest BCUT2D eigenvalue weighted by atomic mass is 10.1. The van der Waals surface area contributed by atoms with E-state index in [0.717, 1.165) is 50.2 Å². The molecular weight excluding hydrogens is 258 g/mol. The van der Waals surface area contributed by atoms with Crippen LogP contribution < -0.4 is 10.6 Å². The van der Waals surface area contributed by atoms with Crippen molar-refractivity contribution in [2.24, 2.45) is 11.7 Å². The van der Waals surface area contributed by atoms with Crippen LogP contribution in [0.4, 0.5) is 5.13 Å². The highest BCUT2D eigenvalue weighted by Crippen LogP contribution is 2.39. The number of rotatable bonds is 5. The van der Waals surface area contributed by atoms with E-state index >= 15 is 0 Å². The molecule has 0 aromatic carbocycles. The molecule has 1 unspecified atom stereocenters. The minimum atomic E-state index is 0.592. The SMILES string of the molecule is CC(CN)CN1CCN(c2nc(C3CC3)ns2)CC1. The third kappa shape index (κ3) is 3.24. The zero-order chi connectivity index (χ0) is 13.2. The van der Waals surface area contributed by atoms with Crippen LogP contribution in [0, 0.1) is 5.92 Å². The summed E-state index contributed by atoms with van der Waals surface area (Å²) in [5, 5.41) is 1.12. The minimum Gasteiger partial charge on any atom is -0.344 e. The molecule has 2 N–H and O–H groups in total. The Balaban J connectivity index is 1.51. The van der Waals surface area contributed by atoms with Crippen molar-refractivity contribution in [3.63, 3.8) is 0 Å². The summed E-state index contributed by atoms with van der Waals surface area (Å²) in [4.78, 5) is 9.59. The van der Waals surface area contributed by atoms with Crippen LogP contribution in [-0.4, -0.2) is 53.5 Å². The first kappa shape index (κ1) is 13.3. The fourth-order valence-electron chi connectivity index (χ4n) is 2.50. The molecule has 2 fully saturated rings. The van der Waals surface area contributed by atoms with Crippen molar-refractivity contribution in [2.75, 3.05) is 44.2 Å². The van der Waals surface area contributed by atoms with E-state index in [9.17, 15) is 0 Å². The molecule has 1 atom stereocenters. The van der Waals surface area contributed by atoms with Crippen molar-refractivity contribution >= 4 is 16.7 Å². The second-order valence-electron chi connectivity index (χ2n) is 5.84. The fourth-order valence-corrected chi connectivity index (χ4v) is 3.30. The molecule has 6 heteroatoms. The summed E-state index contributed by atoms with van der Waals surface area (Å²) < 4.78 is 4.49. The van der Waals surface area contributed by atoms with Crippen LogP contribution in [0.15, 0.2) is 0 Å². The Bertz CT molecular complexity index is 409. The van der Waals surface area contributed by atoms with Gasteiger partial charge in [-0.3, -0.25) is 4.90 Å². The molecule has 1 aromatic rings. The molecule has 1 aliphatic heterocycles. The Kier molecular flexibility index (Phi) is 4.00. The first-order chi connectivity index (χ1) is 9.26. The van der Waals surface area contributed by atoms with Crippen molar-refractivity contribution in [1.29, 1.82) is 0 Å². The first-order valence-corrected chi connectivity index (χ1v) is 8.04. The Morgan fingerprint density at radius 2 is 2.05 bits per heavy atom. The van der Waals surface area contributed by atoms with Gasteiger partial charge in [-0.25, -0.2) is 4.98 Å². The monoisotopic (exact) mass is 281 g/mol. The molecule has 5 nitrogen and oxygen atoms in total. The van der Waals surface area contributed by atoms with Crippen molar-refractivity contribution < 1.29 is 0 Å². The highest BCUT2D eigenvalue weighted by atomic mass is 32.1. The number of hydrogen-bond donors (Lipinski definition) is 1. The van der Waals surface area contributed by atoms with E-state index in [2.05, 4.69) is 21.1 Å². The van der Waals surface area contributed by atoms with Gasteiger partial charge in [-0.05, 0) is 25.3 Å². The highest BCUT2D eigenvalue weighted by molar-refractivity contribution is 7.09. The largest absolute Gasteiger partial charge is 0.344 e. The van der Waals surface area contributed by atoms with Gasteiger partial charge >= 0.3 is 0 Å². The summed E-state index contributed by atoms with van der Waals surface area (Å²) in [6, 6.07) is 0. The van der Waals surface area contributed by atoms with Crippen LogP contribution in [0.5, 0.6) is 0 Å². The molecule has 1 aliphatic carbocycles. The highest BCUT2D eigenvalue weighted by Gasteiger charge is 2.29. The third-order valence-electron chi connectivity index (χ3n) is 3.99. The molecule has 0 radical (unpaired) electrons. The summed E-state index contributed by atoms with van der Waals surface area (Å²) in [5.74, 6) is 2.34. The van der Waals surface area contributed by atoms with Crippen molar-refractivity contribution in [3.05, 3.63) is 5.82 Å². The number of aromatic nitrogens is 2. The second-order valence-corrected chi connectivity index (χ2v) is 6.57. The van der Waals surface area contributed by atoms with Gasteiger partial charge in [0.05, 0.1) is 0 Å². The summed E-state index contributed by atoms with van der Waals surface area (Å²) in [6.45, 7) is 8.48. The molecular formula is C13H23N5S. The minimum absolute atomic E-state index is 0.592. The van der Waals surface area contributed by atoms with Crippen LogP contribution in [0.3, 0.4) is 0 Å². The van der Waals surface area contributed by atoms with Crippen LogP contribution in [0.25, 0.3) is 0 Å². The maximum absolute atomic E-state index is 5.69. The number of hydrogen-bond acceptors (Lipinski definition) is 6. The van der Waals surface area contributed by atoms with Gasteiger partial charge < -0.3 is 10.6 Å². The molecule has 3 rings (SSSR count). The van der Waals surface area contributed by atoms with Gasteiger partial charge in [0.2, 0.25) is 5.13 Å². The van der Waals surface area contributed by atoms with E-state index in [4.69, 9.17) is 10.7 Å². The van der Waals surface area contributed by atoms with E-state index in [1.54, 1.807) is 11.5 Å². The molecule has 1 saturated carbocycles. The van der Waals surface area contributed by atoms with Crippen LogP contribution >= 0.6 is 11.5 Å². The van der Waals surface area contributed by atoms with Crippen LogP contribution in [0.2, 0.25) is 0 Å². The Morgan fingerprint density at radius 1 is 1.32 bits per heavy atom.